The summed E-state index contributed by atoms with van der Waals surface area (Å²) in [5, 5.41) is 8.48. The maximum absolute atomic E-state index is 13.1. The number of aromatic amines is 1. The van der Waals surface area contributed by atoms with E-state index in [2.05, 4.69) is 27.5 Å². The molecular formula is C24H22N4O2. The quantitative estimate of drug-likeness (QED) is 0.551. The van der Waals surface area contributed by atoms with Gasteiger partial charge in [0.05, 0.1) is 24.3 Å². The molecule has 1 amide bonds. The van der Waals surface area contributed by atoms with E-state index in [1.165, 1.54) is 17.3 Å². The van der Waals surface area contributed by atoms with Crippen molar-refractivity contribution in [2.75, 3.05) is 0 Å². The largest absolute Gasteiger partial charge is 0.345 e. The minimum atomic E-state index is -0.279. The molecule has 6 heteroatoms. The molecule has 6 nitrogen and oxygen atoms in total. The normalized spacial score (nSPS) is 15.7. The molecule has 2 aromatic carbocycles. The number of carbonyl (C=O) groups is 1. The Labute approximate surface area is 173 Å². The Morgan fingerprint density at radius 1 is 1.13 bits per heavy atom. The highest BCUT2D eigenvalue weighted by atomic mass is 16.2. The first-order valence-electron chi connectivity index (χ1n) is 10.2. The number of fused-ring (bicyclic) bond motifs is 2. The van der Waals surface area contributed by atoms with Gasteiger partial charge in [-0.05, 0) is 30.9 Å². The third-order valence-electron chi connectivity index (χ3n) is 5.74. The van der Waals surface area contributed by atoms with E-state index in [9.17, 15) is 9.59 Å². The fraction of sp³-hybridized carbons (Fsp3) is 0.208. The van der Waals surface area contributed by atoms with Gasteiger partial charge in [-0.3, -0.25) is 14.3 Å². The Bertz CT molecular complexity index is 1270. The molecular weight excluding hydrogens is 376 g/mol. The summed E-state index contributed by atoms with van der Waals surface area (Å²) < 4.78 is 2.03. The van der Waals surface area contributed by atoms with Gasteiger partial charge in [0.25, 0.3) is 5.91 Å². The second-order valence-corrected chi connectivity index (χ2v) is 7.70. The molecule has 0 radical (unpaired) electrons. The van der Waals surface area contributed by atoms with E-state index in [4.69, 9.17) is 0 Å². The number of hydrogen-bond donors (Lipinski definition) is 2. The highest BCUT2D eigenvalue weighted by Crippen LogP contribution is 2.30. The van der Waals surface area contributed by atoms with Gasteiger partial charge in [-0.25, -0.2) is 0 Å². The van der Waals surface area contributed by atoms with Crippen molar-refractivity contribution in [1.29, 1.82) is 0 Å². The third kappa shape index (κ3) is 3.41. The molecule has 150 valence electrons. The average Bonchev–Trinajstić information content (AvgIpc) is 3.17. The van der Waals surface area contributed by atoms with Crippen molar-refractivity contribution in [3.05, 3.63) is 99.6 Å². The van der Waals surface area contributed by atoms with Gasteiger partial charge in [0.1, 0.15) is 0 Å². The Morgan fingerprint density at radius 3 is 2.80 bits per heavy atom. The molecule has 5 rings (SSSR count). The predicted molar refractivity (Wildman–Crippen MR) is 115 cm³/mol. The number of rotatable bonds is 4. The Hall–Kier alpha value is -3.67. The van der Waals surface area contributed by atoms with Crippen molar-refractivity contribution in [2.45, 2.75) is 31.8 Å². The first-order valence-corrected chi connectivity index (χ1v) is 10.2. The monoisotopic (exact) mass is 398 g/mol. The number of H-pyrrole nitrogens is 1. The van der Waals surface area contributed by atoms with Crippen LogP contribution >= 0.6 is 0 Å². The molecule has 2 N–H and O–H groups in total. The number of pyridine rings is 1. The Morgan fingerprint density at radius 2 is 1.93 bits per heavy atom. The number of hydrogen-bond acceptors (Lipinski definition) is 3. The summed E-state index contributed by atoms with van der Waals surface area (Å²) in [5.74, 6) is -0.231. The molecule has 0 spiro atoms. The summed E-state index contributed by atoms with van der Waals surface area (Å²) in [5.41, 5.74) is 4.22. The van der Waals surface area contributed by atoms with Crippen molar-refractivity contribution in [1.82, 2.24) is 20.1 Å². The Kier molecular flexibility index (Phi) is 4.67. The van der Waals surface area contributed by atoms with E-state index < -0.39 is 0 Å². The van der Waals surface area contributed by atoms with Crippen LogP contribution in [0.25, 0.3) is 10.9 Å². The fourth-order valence-corrected chi connectivity index (χ4v) is 4.29. The summed E-state index contributed by atoms with van der Waals surface area (Å²) >= 11 is 0. The van der Waals surface area contributed by atoms with Gasteiger partial charge in [-0.2, -0.15) is 5.10 Å². The van der Waals surface area contributed by atoms with Gasteiger partial charge >= 0.3 is 0 Å². The van der Waals surface area contributed by atoms with Crippen LogP contribution in [-0.4, -0.2) is 20.7 Å². The molecule has 30 heavy (non-hydrogen) atoms. The van der Waals surface area contributed by atoms with Crippen LogP contribution in [0.15, 0.2) is 71.7 Å². The molecule has 0 saturated heterocycles. The van der Waals surface area contributed by atoms with Crippen LogP contribution in [0.1, 0.15) is 46.1 Å². The molecule has 1 aliphatic carbocycles. The molecule has 2 heterocycles. The lowest BCUT2D eigenvalue weighted by Crippen LogP contribution is -2.32. The average molecular weight is 398 g/mol. The summed E-state index contributed by atoms with van der Waals surface area (Å²) in [6.45, 7) is 0.718. The molecule has 2 aromatic heterocycles. The molecule has 4 aromatic rings. The third-order valence-corrected chi connectivity index (χ3v) is 5.74. The van der Waals surface area contributed by atoms with Crippen molar-refractivity contribution < 1.29 is 4.79 Å². The predicted octanol–water partition coefficient (Wildman–Crippen LogP) is 3.58. The van der Waals surface area contributed by atoms with E-state index in [1.54, 1.807) is 6.07 Å². The van der Waals surface area contributed by atoms with Crippen LogP contribution in [-0.2, 0) is 13.0 Å². The van der Waals surface area contributed by atoms with Gasteiger partial charge < -0.3 is 10.3 Å². The van der Waals surface area contributed by atoms with Crippen molar-refractivity contribution >= 4 is 16.8 Å². The van der Waals surface area contributed by atoms with Gasteiger partial charge in [-0.1, -0.05) is 48.5 Å². The second-order valence-electron chi connectivity index (χ2n) is 7.70. The fourth-order valence-electron chi connectivity index (χ4n) is 4.29. The number of aromatic nitrogens is 3. The van der Waals surface area contributed by atoms with Crippen LogP contribution in [0.4, 0.5) is 0 Å². The maximum Gasteiger partial charge on any atom is 0.252 e. The summed E-state index contributed by atoms with van der Waals surface area (Å²) in [6, 6.07) is 18.9. The smallest absolute Gasteiger partial charge is 0.252 e. The number of nitrogens with zero attached hydrogens (tertiary/aromatic N) is 2. The zero-order valence-corrected chi connectivity index (χ0v) is 16.5. The van der Waals surface area contributed by atoms with Crippen LogP contribution in [0, 0.1) is 0 Å². The molecule has 0 aliphatic heterocycles. The van der Waals surface area contributed by atoms with Crippen LogP contribution in [0.3, 0.4) is 0 Å². The van der Waals surface area contributed by atoms with Gasteiger partial charge in [-0.15, -0.1) is 0 Å². The highest BCUT2D eigenvalue weighted by molar-refractivity contribution is 6.06. The zero-order chi connectivity index (χ0) is 20.5. The molecule has 0 bridgehead atoms. The number of nitrogens with one attached hydrogen (secondary N) is 2. The first-order chi connectivity index (χ1) is 14.7. The summed E-state index contributed by atoms with van der Waals surface area (Å²) in [6.07, 6.45) is 4.66. The lowest BCUT2D eigenvalue weighted by Gasteiger charge is -2.24. The molecule has 1 atom stereocenters. The van der Waals surface area contributed by atoms with Crippen LogP contribution in [0.2, 0.25) is 0 Å². The van der Waals surface area contributed by atoms with Crippen molar-refractivity contribution in [2.24, 2.45) is 0 Å². The van der Waals surface area contributed by atoms with Crippen LogP contribution < -0.4 is 10.9 Å². The lowest BCUT2D eigenvalue weighted by molar-refractivity contribution is 0.0934. The zero-order valence-electron chi connectivity index (χ0n) is 16.5. The standard InChI is InChI=1S/C24H22N4O2/c29-23-13-18(17-9-4-5-10-20(17)26-23)24(30)27-21-11-6-12-22-19(21)14-25-28(22)15-16-7-2-1-3-8-16/h1-5,7-10,13-14,21H,6,11-12,15H2,(H,26,29)(H,27,30). The minimum Gasteiger partial charge on any atom is -0.345 e. The van der Waals surface area contributed by atoms with E-state index in [0.29, 0.717) is 11.1 Å². The number of para-hydroxylation sites is 1. The van der Waals surface area contributed by atoms with E-state index in [0.717, 1.165) is 36.8 Å². The number of carbonyl (C=O) groups excluding carboxylic acids is 1. The van der Waals surface area contributed by atoms with E-state index >= 15 is 0 Å². The van der Waals surface area contributed by atoms with Crippen LogP contribution in [0.5, 0.6) is 0 Å². The number of benzene rings is 2. The molecule has 0 fully saturated rings. The highest BCUT2D eigenvalue weighted by Gasteiger charge is 2.26. The van der Waals surface area contributed by atoms with E-state index in [-0.39, 0.29) is 17.5 Å². The van der Waals surface area contributed by atoms with Gasteiger partial charge in [0, 0.05) is 28.2 Å². The SMILES string of the molecule is O=C(NC1CCCc2c1cnn2Cc1ccccc1)c1cc(=O)[nH]c2ccccc12. The van der Waals surface area contributed by atoms with Gasteiger partial charge in [0.15, 0.2) is 0 Å². The van der Waals surface area contributed by atoms with E-state index in [1.807, 2.05) is 47.3 Å². The van der Waals surface area contributed by atoms with Crippen molar-refractivity contribution in [3.8, 4) is 0 Å². The topological polar surface area (TPSA) is 79.8 Å². The first kappa shape index (κ1) is 18.4. The molecule has 1 unspecified atom stereocenters. The lowest BCUT2D eigenvalue weighted by atomic mass is 9.92. The van der Waals surface area contributed by atoms with Crippen molar-refractivity contribution in [3.63, 3.8) is 0 Å². The molecule has 0 saturated carbocycles. The second kappa shape index (κ2) is 7.63. The Balaban J connectivity index is 1.43. The molecule has 1 aliphatic rings. The van der Waals surface area contributed by atoms with Gasteiger partial charge in [0.2, 0.25) is 5.56 Å². The summed E-state index contributed by atoms with van der Waals surface area (Å²) in [7, 11) is 0. The number of amides is 1. The minimum absolute atomic E-state index is 0.108. The summed E-state index contributed by atoms with van der Waals surface area (Å²) in [4.78, 5) is 27.9. The maximum atomic E-state index is 13.1.